The lowest BCUT2D eigenvalue weighted by atomic mass is 9.84. The van der Waals surface area contributed by atoms with Crippen LogP contribution in [-0.2, 0) is 21.3 Å². The maximum absolute atomic E-state index is 13.2. The van der Waals surface area contributed by atoms with Crippen molar-refractivity contribution in [1.82, 2.24) is 9.88 Å². The molecule has 37 heavy (non-hydrogen) atoms. The van der Waals surface area contributed by atoms with E-state index in [0.29, 0.717) is 0 Å². The number of fused-ring (bicyclic) bond motifs is 1. The largest absolute Gasteiger partial charge is 0.493 e. The number of benzene rings is 1. The number of pyridine rings is 1. The van der Waals surface area contributed by atoms with Crippen molar-refractivity contribution in [3.05, 3.63) is 53.3 Å². The SMILES string of the molecule is COc1cc(C(=O)N2CC[C@]3(c4cc(C(F)(F)F)ccn4)OCOC3C2)ccc1OCC(F)(F)C(F)F. The van der Waals surface area contributed by atoms with Crippen LogP contribution in [0.5, 0.6) is 11.5 Å². The van der Waals surface area contributed by atoms with Crippen molar-refractivity contribution in [2.75, 3.05) is 33.6 Å². The Morgan fingerprint density at radius 1 is 1.19 bits per heavy atom. The number of amides is 1. The Hall–Kier alpha value is -3.13. The van der Waals surface area contributed by atoms with Crippen molar-refractivity contribution in [2.45, 2.75) is 36.7 Å². The quantitative estimate of drug-likeness (QED) is 0.484. The second-order valence-electron chi connectivity index (χ2n) is 8.45. The number of aromatic nitrogens is 1. The van der Waals surface area contributed by atoms with Crippen molar-refractivity contribution in [1.29, 1.82) is 0 Å². The van der Waals surface area contributed by atoms with Gasteiger partial charge in [-0.05, 0) is 30.3 Å². The minimum Gasteiger partial charge on any atom is -0.493 e. The average Bonchev–Trinajstić information content (AvgIpc) is 3.31. The molecule has 2 aliphatic heterocycles. The Balaban J connectivity index is 1.50. The number of carbonyl (C=O) groups is 1. The molecule has 14 heteroatoms. The zero-order valence-electron chi connectivity index (χ0n) is 19.2. The molecular weight excluding hydrogens is 517 g/mol. The zero-order valence-corrected chi connectivity index (χ0v) is 19.2. The number of alkyl halides is 7. The van der Waals surface area contributed by atoms with Crippen LogP contribution in [0.25, 0.3) is 0 Å². The molecule has 7 nitrogen and oxygen atoms in total. The van der Waals surface area contributed by atoms with Gasteiger partial charge >= 0.3 is 18.5 Å². The standard InChI is InChI=1S/C23H21F7N2O5/c1-34-16-8-13(2-3-15(16)35-11-22(26,27)20(24)25)19(33)32-7-5-21(18(10-32)36-12-37-21)17-9-14(4-6-31-17)23(28,29)30/h2-4,6,8-9,18,20H,5,7,10-12H2,1H3/t18?,21-/m1/s1. The number of piperidine rings is 1. The van der Waals surface area contributed by atoms with Gasteiger partial charge in [-0.15, -0.1) is 0 Å². The second-order valence-corrected chi connectivity index (χ2v) is 8.45. The molecule has 1 aromatic heterocycles. The van der Waals surface area contributed by atoms with Crippen molar-refractivity contribution in [2.24, 2.45) is 0 Å². The van der Waals surface area contributed by atoms with Crippen LogP contribution in [0.3, 0.4) is 0 Å². The summed E-state index contributed by atoms with van der Waals surface area (Å²) in [6, 6.07) is 5.35. The van der Waals surface area contributed by atoms with E-state index in [-0.39, 0.29) is 49.1 Å². The zero-order chi connectivity index (χ0) is 27.0. The monoisotopic (exact) mass is 538 g/mol. The van der Waals surface area contributed by atoms with Gasteiger partial charge in [0, 0.05) is 24.7 Å². The summed E-state index contributed by atoms with van der Waals surface area (Å²) in [4.78, 5) is 18.6. The molecule has 0 N–H and O–H groups in total. The van der Waals surface area contributed by atoms with Crippen molar-refractivity contribution in [3.8, 4) is 11.5 Å². The number of methoxy groups -OCH3 is 1. The molecule has 2 atom stereocenters. The molecule has 0 spiro atoms. The van der Waals surface area contributed by atoms with Gasteiger partial charge in [-0.25, -0.2) is 8.78 Å². The topological polar surface area (TPSA) is 70.1 Å². The van der Waals surface area contributed by atoms with Crippen LogP contribution < -0.4 is 9.47 Å². The molecule has 2 fully saturated rings. The number of hydrogen-bond acceptors (Lipinski definition) is 6. The molecule has 3 heterocycles. The number of hydrogen-bond donors (Lipinski definition) is 0. The Morgan fingerprint density at radius 2 is 1.95 bits per heavy atom. The summed E-state index contributed by atoms with van der Waals surface area (Å²) in [6.45, 7) is -1.74. The van der Waals surface area contributed by atoms with Crippen LogP contribution in [0.1, 0.15) is 28.0 Å². The number of halogens is 7. The summed E-state index contributed by atoms with van der Waals surface area (Å²) in [5, 5.41) is 0. The molecule has 202 valence electrons. The highest BCUT2D eigenvalue weighted by molar-refractivity contribution is 5.95. The number of ether oxygens (including phenoxy) is 4. The Labute approximate surface area is 206 Å². The fourth-order valence-corrected chi connectivity index (χ4v) is 4.20. The molecule has 2 saturated heterocycles. The fourth-order valence-electron chi connectivity index (χ4n) is 4.20. The Morgan fingerprint density at radius 3 is 2.62 bits per heavy atom. The van der Waals surface area contributed by atoms with E-state index in [1.54, 1.807) is 0 Å². The summed E-state index contributed by atoms with van der Waals surface area (Å²) in [5.74, 6) is -5.28. The third kappa shape index (κ3) is 5.30. The summed E-state index contributed by atoms with van der Waals surface area (Å²) in [6.07, 6.45) is -8.17. The van der Waals surface area contributed by atoms with Crippen LogP contribution in [0.15, 0.2) is 36.5 Å². The highest BCUT2D eigenvalue weighted by Crippen LogP contribution is 2.43. The average molecular weight is 538 g/mol. The smallest absolute Gasteiger partial charge is 0.416 e. The molecule has 2 aliphatic rings. The van der Waals surface area contributed by atoms with Crippen molar-refractivity contribution >= 4 is 5.91 Å². The Bertz CT molecular complexity index is 1150. The van der Waals surface area contributed by atoms with Gasteiger partial charge < -0.3 is 23.8 Å². The summed E-state index contributed by atoms with van der Waals surface area (Å²) >= 11 is 0. The van der Waals surface area contributed by atoms with Gasteiger partial charge in [-0.1, -0.05) is 0 Å². The van der Waals surface area contributed by atoms with E-state index in [0.717, 1.165) is 24.4 Å². The van der Waals surface area contributed by atoms with E-state index in [9.17, 15) is 35.5 Å². The van der Waals surface area contributed by atoms with Gasteiger partial charge in [0.1, 0.15) is 18.5 Å². The van der Waals surface area contributed by atoms with E-state index in [1.165, 1.54) is 24.1 Å². The van der Waals surface area contributed by atoms with E-state index >= 15 is 0 Å². The van der Waals surface area contributed by atoms with Gasteiger partial charge in [-0.2, -0.15) is 22.0 Å². The lowest BCUT2D eigenvalue weighted by Gasteiger charge is -2.41. The number of nitrogens with zero attached hydrogens (tertiary/aromatic N) is 2. The molecule has 2 aromatic rings. The molecule has 0 aliphatic carbocycles. The van der Waals surface area contributed by atoms with Gasteiger partial charge in [0.2, 0.25) is 0 Å². The minimum absolute atomic E-state index is 0.0298. The first-order valence-electron chi connectivity index (χ1n) is 10.9. The van der Waals surface area contributed by atoms with E-state index in [2.05, 4.69) is 4.98 Å². The van der Waals surface area contributed by atoms with Crippen LogP contribution in [0.4, 0.5) is 30.7 Å². The molecule has 0 saturated carbocycles. The highest BCUT2D eigenvalue weighted by Gasteiger charge is 2.53. The first-order chi connectivity index (χ1) is 17.4. The lowest BCUT2D eigenvalue weighted by molar-refractivity contribution is -0.148. The molecule has 4 rings (SSSR count). The molecule has 1 aromatic carbocycles. The first kappa shape index (κ1) is 26.9. The molecule has 1 amide bonds. The molecule has 0 bridgehead atoms. The number of carbonyl (C=O) groups excluding carboxylic acids is 1. The van der Waals surface area contributed by atoms with Crippen LogP contribution in [0.2, 0.25) is 0 Å². The van der Waals surface area contributed by atoms with Crippen LogP contribution >= 0.6 is 0 Å². The predicted molar refractivity (Wildman–Crippen MR) is 112 cm³/mol. The number of rotatable bonds is 7. The number of likely N-dealkylation sites (tertiary alicyclic amines) is 1. The van der Waals surface area contributed by atoms with E-state index in [4.69, 9.17) is 18.9 Å². The summed E-state index contributed by atoms with van der Waals surface area (Å²) < 4.78 is 112. The van der Waals surface area contributed by atoms with Crippen LogP contribution in [-0.4, -0.2) is 67.8 Å². The van der Waals surface area contributed by atoms with Gasteiger partial charge in [0.05, 0.1) is 24.9 Å². The maximum Gasteiger partial charge on any atom is 0.416 e. The van der Waals surface area contributed by atoms with Crippen molar-refractivity contribution < 1.29 is 54.5 Å². The summed E-state index contributed by atoms with van der Waals surface area (Å²) in [5.41, 5.74) is -2.04. The van der Waals surface area contributed by atoms with Crippen LogP contribution in [0, 0.1) is 0 Å². The summed E-state index contributed by atoms with van der Waals surface area (Å²) in [7, 11) is 1.18. The molecule has 1 unspecified atom stereocenters. The predicted octanol–water partition coefficient (Wildman–Crippen LogP) is 4.50. The Kier molecular flexibility index (Phi) is 7.25. The minimum atomic E-state index is -4.58. The lowest BCUT2D eigenvalue weighted by Crippen LogP contribution is -2.54. The fraction of sp³-hybridized carbons (Fsp3) is 0.478. The second kappa shape index (κ2) is 9.97. The highest BCUT2D eigenvalue weighted by atomic mass is 19.4. The van der Waals surface area contributed by atoms with E-state index in [1.807, 2.05) is 0 Å². The van der Waals surface area contributed by atoms with Gasteiger partial charge in [-0.3, -0.25) is 9.78 Å². The normalized spacial score (nSPS) is 22.2. The molecular formula is C23H21F7N2O5. The maximum atomic E-state index is 13.2. The van der Waals surface area contributed by atoms with E-state index < -0.39 is 48.3 Å². The van der Waals surface area contributed by atoms with Crippen molar-refractivity contribution in [3.63, 3.8) is 0 Å². The molecule has 0 radical (unpaired) electrons. The first-order valence-corrected chi connectivity index (χ1v) is 10.9. The van der Waals surface area contributed by atoms with Gasteiger partial charge in [0.15, 0.2) is 18.1 Å². The van der Waals surface area contributed by atoms with Gasteiger partial charge in [0.25, 0.3) is 5.91 Å². The third-order valence-electron chi connectivity index (χ3n) is 6.20. The third-order valence-corrected chi connectivity index (χ3v) is 6.20.